The predicted molar refractivity (Wildman–Crippen MR) is 127 cm³/mol. The summed E-state index contributed by atoms with van der Waals surface area (Å²) in [5, 5.41) is 7.22. The van der Waals surface area contributed by atoms with Gasteiger partial charge in [0.25, 0.3) is 0 Å². The maximum Gasteiger partial charge on any atom is 0.329 e. The van der Waals surface area contributed by atoms with Crippen molar-refractivity contribution in [3.63, 3.8) is 0 Å². The molecule has 0 saturated heterocycles. The molecule has 0 aliphatic carbocycles. The van der Waals surface area contributed by atoms with Crippen LogP contribution in [0.5, 0.6) is 5.75 Å². The highest BCUT2D eigenvalue weighted by molar-refractivity contribution is 6.39. The van der Waals surface area contributed by atoms with Gasteiger partial charge in [-0.3, -0.25) is 14.4 Å². The van der Waals surface area contributed by atoms with Crippen LogP contribution >= 0.6 is 23.2 Å². The Morgan fingerprint density at radius 1 is 0.970 bits per heavy atom. The van der Waals surface area contributed by atoms with Crippen LogP contribution in [0.1, 0.15) is 21.5 Å². The lowest BCUT2D eigenvalue weighted by Crippen LogP contribution is -2.32. The number of anilines is 1. The van der Waals surface area contributed by atoms with Crippen molar-refractivity contribution < 1.29 is 19.1 Å². The van der Waals surface area contributed by atoms with Gasteiger partial charge in [0.2, 0.25) is 5.91 Å². The number of ether oxygens (including phenoxy) is 1. The molecular weight excluding hydrogens is 467 g/mol. The second kappa shape index (κ2) is 11.1. The molecule has 168 valence electrons. The lowest BCUT2D eigenvalue weighted by atomic mass is 10.2. The monoisotopic (exact) mass is 484 g/mol. The van der Waals surface area contributed by atoms with Crippen molar-refractivity contribution in [3.8, 4) is 5.75 Å². The molecule has 0 aliphatic heterocycles. The molecular formula is C23H18Cl2N4O4. The third-order valence-corrected chi connectivity index (χ3v) is 4.87. The molecule has 0 atom stereocenters. The van der Waals surface area contributed by atoms with E-state index >= 15 is 0 Å². The molecule has 0 bridgehead atoms. The number of primary amides is 1. The fraction of sp³-hybridized carbons (Fsp3) is 0.0435. The first-order valence-electron chi connectivity index (χ1n) is 9.53. The maximum atomic E-state index is 12.0. The fourth-order valence-electron chi connectivity index (χ4n) is 2.61. The zero-order valence-electron chi connectivity index (χ0n) is 17.0. The molecule has 3 aromatic rings. The number of rotatable bonds is 7. The number of hydrazone groups is 1. The molecule has 0 radical (unpaired) electrons. The van der Waals surface area contributed by atoms with Crippen molar-refractivity contribution in [1.29, 1.82) is 0 Å². The van der Waals surface area contributed by atoms with Gasteiger partial charge in [0.05, 0.1) is 6.21 Å². The Labute approximate surface area is 199 Å². The van der Waals surface area contributed by atoms with E-state index < -0.39 is 17.7 Å². The van der Waals surface area contributed by atoms with Gasteiger partial charge in [-0.25, -0.2) is 5.43 Å². The van der Waals surface area contributed by atoms with Crippen LogP contribution in [0.25, 0.3) is 0 Å². The molecule has 0 spiro atoms. The van der Waals surface area contributed by atoms with Gasteiger partial charge in [0, 0.05) is 26.9 Å². The number of amides is 3. The van der Waals surface area contributed by atoms with Gasteiger partial charge in [-0.15, -0.1) is 0 Å². The predicted octanol–water partition coefficient (Wildman–Crippen LogP) is 3.76. The smallest absolute Gasteiger partial charge is 0.329 e. The first-order chi connectivity index (χ1) is 15.8. The summed E-state index contributed by atoms with van der Waals surface area (Å²) in [6, 6.07) is 17.9. The number of benzene rings is 3. The minimum atomic E-state index is -0.963. The standard InChI is InChI=1S/C23H18Cl2N4O4/c24-17-7-4-16(20(25)11-17)13-33-19-3-1-2-14(10-19)12-27-29-23(32)22(31)28-18-8-5-15(6-9-18)21(26)30/h1-12H,13H2,(H2,26,30)(H,28,31)(H,29,32)/b27-12+. The van der Waals surface area contributed by atoms with E-state index in [1.165, 1.54) is 30.5 Å². The van der Waals surface area contributed by atoms with Crippen LogP contribution in [0.15, 0.2) is 71.8 Å². The first-order valence-corrected chi connectivity index (χ1v) is 10.3. The molecule has 4 N–H and O–H groups in total. The van der Waals surface area contributed by atoms with Crippen LogP contribution in [-0.4, -0.2) is 23.9 Å². The largest absolute Gasteiger partial charge is 0.489 e. The number of nitrogens with two attached hydrogens (primary N) is 1. The maximum absolute atomic E-state index is 12.0. The second-order valence-corrected chi connectivity index (χ2v) is 7.54. The number of nitrogens with one attached hydrogen (secondary N) is 2. The Kier molecular flexibility index (Phi) is 8.01. The van der Waals surface area contributed by atoms with E-state index in [1.54, 1.807) is 42.5 Å². The number of carbonyl (C=O) groups is 3. The number of carbonyl (C=O) groups excluding carboxylic acids is 3. The van der Waals surface area contributed by atoms with Gasteiger partial charge in [0.1, 0.15) is 12.4 Å². The minimum Gasteiger partial charge on any atom is -0.489 e. The molecule has 0 saturated carbocycles. The quantitative estimate of drug-likeness (QED) is 0.268. The van der Waals surface area contributed by atoms with Gasteiger partial charge in [-0.1, -0.05) is 41.4 Å². The fourth-order valence-corrected chi connectivity index (χ4v) is 3.07. The molecule has 0 aliphatic rings. The van der Waals surface area contributed by atoms with Crippen LogP contribution in [0, 0.1) is 0 Å². The van der Waals surface area contributed by atoms with Gasteiger partial charge in [-0.05, 0) is 54.1 Å². The number of hydrogen-bond donors (Lipinski definition) is 3. The summed E-state index contributed by atoms with van der Waals surface area (Å²) in [6.45, 7) is 0.244. The van der Waals surface area contributed by atoms with E-state index in [2.05, 4.69) is 15.8 Å². The van der Waals surface area contributed by atoms with Gasteiger partial charge >= 0.3 is 11.8 Å². The van der Waals surface area contributed by atoms with Crippen LogP contribution in [-0.2, 0) is 16.2 Å². The summed E-state index contributed by atoms with van der Waals surface area (Å²) >= 11 is 12.0. The number of halogens is 2. The molecule has 10 heteroatoms. The van der Waals surface area contributed by atoms with Gasteiger partial charge in [0.15, 0.2) is 0 Å². The molecule has 33 heavy (non-hydrogen) atoms. The molecule has 0 fully saturated rings. The van der Waals surface area contributed by atoms with Crippen molar-refractivity contribution in [1.82, 2.24) is 5.43 Å². The average Bonchev–Trinajstić information content (AvgIpc) is 2.79. The van der Waals surface area contributed by atoms with E-state index in [4.69, 9.17) is 33.7 Å². The summed E-state index contributed by atoms with van der Waals surface area (Å²) in [7, 11) is 0. The van der Waals surface area contributed by atoms with E-state index in [0.29, 0.717) is 27.0 Å². The molecule has 0 aromatic heterocycles. The Balaban J connectivity index is 1.52. The first kappa shape index (κ1) is 23.8. The Morgan fingerprint density at radius 3 is 2.42 bits per heavy atom. The van der Waals surface area contributed by atoms with Gasteiger partial charge < -0.3 is 15.8 Å². The SMILES string of the molecule is NC(=O)c1ccc(NC(=O)C(=O)N/N=C/c2cccc(OCc3ccc(Cl)cc3Cl)c2)cc1. The zero-order valence-corrected chi connectivity index (χ0v) is 18.6. The van der Waals surface area contributed by atoms with E-state index in [9.17, 15) is 14.4 Å². The average molecular weight is 485 g/mol. The second-order valence-electron chi connectivity index (χ2n) is 6.69. The molecule has 3 amide bonds. The van der Waals surface area contributed by atoms with Crippen molar-refractivity contribution in [3.05, 3.63) is 93.5 Å². The summed E-state index contributed by atoms with van der Waals surface area (Å²) < 4.78 is 5.74. The third-order valence-electron chi connectivity index (χ3n) is 4.28. The molecule has 8 nitrogen and oxygen atoms in total. The lowest BCUT2D eigenvalue weighted by Gasteiger charge is -2.08. The zero-order chi connectivity index (χ0) is 23.8. The normalized spacial score (nSPS) is 10.6. The summed E-state index contributed by atoms with van der Waals surface area (Å²) in [4.78, 5) is 35.0. The van der Waals surface area contributed by atoms with Crippen molar-refractivity contribution in [2.75, 3.05) is 5.32 Å². The van der Waals surface area contributed by atoms with Crippen LogP contribution in [0.2, 0.25) is 10.0 Å². The van der Waals surface area contributed by atoms with Crippen molar-refractivity contribution >= 4 is 52.8 Å². The van der Waals surface area contributed by atoms with Gasteiger partial charge in [-0.2, -0.15) is 5.10 Å². The molecule has 0 heterocycles. The van der Waals surface area contributed by atoms with Crippen LogP contribution in [0.4, 0.5) is 5.69 Å². The summed E-state index contributed by atoms with van der Waals surface area (Å²) in [6.07, 6.45) is 1.37. The highest BCUT2D eigenvalue weighted by Gasteiger charge is 2.13. The van der Waals surface area contributed by atoms with E-state index in [1.807, 2.05) is 0 Å². The Bertz CT molecular complexity index is 1210. The minimum absolute atomic E-state index is 0.244. The third kappa shape index (κ3) is 7.06. The van der Waals surface area contributed by atoms with Crippen LogP contribution < -0.4 is 21.2 Å². The van der Waals surface area contributed by atoms with E-state index in [-0.39, 0.29) is 12.2 Å². The Morgan fingerprint density at radius 2 is 1.73 bits per heavy atom. The highest BCUT2D eigenvalue weighted by atomic mass is 35.5. The lowest BCUT2D eigenvalue weighted by molar-refractivity contribution is -0.136. The number of hydrogen-bond acceptors (Lipinski definition) is 5. The molecule has 0 unspecified atom stereocenters. The number of nitrogens with zero attached hydrogens (tertiary/aromatic N) is 1. The Hall–Kier alpha value is -3.88. The van der Waals surface area contributed by atoms with Crippen molar-refractivity contribution in [2.24, 2.45) is 10.8 Å². The molecule has 3 aromatic carbocycles. The topological polar surface area (TPSA) is 123 Å². The van der Waals surface area contributed by atoms with Crippen molar-refractivity contribution in [2.45, 2.75) is 6.61 Å². The molecule has 3 rings (SSSR count). The van der Waals surface area contributed by atoms with E-state index in [0.717, 1.165) is 5.56 Å². The highest BCUT2D eigenvalue weighted by Crippen LogP contribution is 2.23. The van der Waals surface area contributed by atoms with Crippen LogP contribution in [0.3, 0.4) is 0 Å². The summed E-state index contributed by atoms with van der Waals surface area (Å²) in [5.41, 5.74) is 9.33. The summed E-state index contributed by atoms with van der Waals surface area (Å²) in [5.74, 6) is -1.91.